The van der Waals surface area contributed by atoms with Crippen LogP contribution in [0.2, 0.25) is 0 Å². The van der Waals surface area contributed by atoms with E-state index in [2.05, 4.69) is 16.0 Å². The summed E-state index contributed by atoms with van der Waals surface area (Å²) in [6.07, 6.45) is 3.00. The van der Waals surface area contributed by atoms with Gasteiger partial charge in [-0.15, -0.1) is 0 Å². The Morgan fingerprint density at radius 2 is 2.35 bits per heavy atom. The van der Waals surface area contributed by atoms with Gasteiger partial charge in [-0.25, -0.2) is 0 Å². The quantitative estimate of drug-likeness (QED) is 0.844. The zero-order chi connectivity index (χ0) is 12.1. The molecule has 0 bridgehead atoms. The van der Waals surface area contributed by atoms with E-state index < -0.39 is 0 Å². The fraction of sp³-hybridized carbons (Fsp3) is 0.500. The Kier molecular flexibility index (Phi) is 4.76. The highest BCUT2D eigenvalue weighted by Crippen LogP contribution is 2.14. The molecule has 1 aliphatic rings. The number of aromatic nitrogens is 1. The number of hydrogen-bond donors (Lipinski definition) is 1. The molecule has 0 radical (unpaired) electrons. The van der Waals surface area contributed by atoms with Gasteiger partial charge in [0.2, 0.25) is 0 Å². The molecule has 2 heterocycles. The molecule has 0 atom stereocenters. The molecular weight excluding hydrogens is 250 g/mol. The Balaban J connectivity index is 2.09. The summed E-state index contributed by atoms with van der Waals surface area (Å²) in [5, 5.41) is 0. The van der Waals surface area contributed by atoms with E-state index in [1.807, 2.05) is 17.8 Å². The molecule has 0 aromatic carbocycles. The van der Waals surface area contributed by atoms with Crippen molar-refractivity contribution in [2.24, 2.45) is 5.73 Å². The second kappa shape index (κ2) is 6.33. The molecule has 3 nitrogen and oxygen atoms in total. The lowest BCUT2D eigenvalue weighted by Gasteiger charge is -2.20. The molecule has 5 heteroatoms. The Bertz CT molecular complexity index is 387. The SMILES string of the molecule is NC(=S)c1ncccc1CN1CCCSCC1. The lowest BCUT2D eigenvalue weighted by Crippen LogP contribution is -2.27. The maximum Gasteiger partial charge on any atom is 0.123 e. The number of thioether (sulfide) groups is 1. The fourth-order valence-corrected chi connectivity index (χ4v) is 3.09. The van der Waals surface area contributed by atoms with Gasteiger partial charge in [-0.3, -0.25) is 9.88 Å². The molecule has 1 aromatic heterocycles. The van der Waals surface area contributed by atoms with Gasteiger partial charge in [-0.2, -0.15) is 11.8 Å². The van der Waals surface area contributed by atoms with Gasteiger partial charge in [0.1, 0.15) is 10.7 Å². The summed E-state index contributed by atoms with van der Waals surface area (Å²) in [7, 11) is 0. The molecule has 0 unspecified atom stereocenters. The molecule has 1 aliphatic heterocycles. The van der Waals surface area contributed by atoms with Crippen LogP contribution < -0.4 is 5.73 Å². The van der Waals surface area contributed by atoms with Crippen molar-refractivity contribution in [2.75, 3.05) is 24.6 Å². The van der Waals surface area contributed by atoms with Crippen LogP contribution >= 0.6 is 24.0 Å². The predicted octanol–water partition coefficient (Wildman–Crippen LogP) is 1.65. The lowest BCUT2D eigenvalue weighted by atomic mass is 10.1. The van der Waals surface area contributed by atoms with Crippen molar-refractivity contribution in [1.29, 1.82) is 0 Å². The largest absolute Gasteiger partial charge is 0.388 e. The van der Waals surface area contributed by atoms with Gasteiger partial charge in [0, 0.05) is 25.0 Å². The van der Waals surface area contributed by atoms with E-state index in [0.717, 1.165) is 30.9 Å². The van der Waals surface area contributed by atoms with Crippen LogP contribution in [-0.4, -0.2) is 39.5 Å². The summed E-state index contributed by atoms with van der Waals surface area (Å²) in [4.78, 5) is 7.12. The zero-order valence-electron chi connectivity index (χ0n) is 9.76. The van der Waals surface area contributed by atoms with Crippen LogP contribution in [0, 0.1) is 0 Å². The van der Waals surface area contributed by atoms with Gasteiger partial charge in [-0.1, -0.05) is 18.3 Å². The van der Waals surface area contributed by atoms with Crippen molar-refractivity contribution in [3.8, 4) is 0 Å². The summed E-state index contributed by atoms with van der Waals surface area (Å²) in [5.41, 5.74) is 7.62. The van der Waals surface area contributed by atoms with Crippen molar-refractivity contribution < 1.29 is 0 Å². The standard InChI is InChI=1S/C12H17N3S2/c13-12(16)11-10(3-1-4-14-11)9-15-5-2-7-17-8-6-15/h1,3-4H,2,5-9H2,(H2,13,16). The van der Waals surface area contributed by atoms with E-state index in [4.69, 9.17) is 18.0 Å². The summed E-state index contributed by atoms with van der Waals surface area (Å²) in [6, 6.07) is 4.02. The van der Waals surface area contributed by atoms with E-state index in [9.17, 15) is 0 Å². The van der Waals surface area contributed by atoms with Gasteiger partial charge in [-0.05, 0) is 30.3 Å². The number of rotatable bonds is 3. The highest BCUT2D eigenvalue weighted by atomic mass is 32.2. The second-order valence-electron chi connectivity index (χ2n) is 4.12. The third kappa shape index (κ3) is 3.66. The van der Waals surface area contributed by atoms with E-state index in [1.165, 1.54) is 17.9 Å². The molecule has 17 heavy (non-hydrogen) atoms. The van der Waals surface area contributed by atoms with Crippen LogP contribution in [0.5, 0.6) is 0 Å². The predicted molar refractivity (Wildman–Crippen MR) is 77.3 cm³/mol. The maximum atomic E-state index is 5.70. The molecule has 92 valence electrons. The number of nitrogens with zero attached hydrogens (tertiary/aromatic N) is 2. The molecule has 1 fully saturated rings. The van der Waals surface area contributed by atoms with Crippen LogP contribution in [0.25, 0.3) is 0 Å². The van der Waals surface area contributed by atoms with Crippen LogP contribution in [0.4, 0.5) is 0 Å². The average Bonchev–Trinajstić information content (AvgIpc) is 2.58. The third-order valence-corrected chi connectivity index (χ3v) is 4.08. The van der Waals surface area contributed by atoms with Gasteiger partial charge in [0.25, 0.3) is 0 Å². The van der Waals surface area contributed by atoms with E-state index in [0.29, 0.717) is 4.99 Å². The van der Waals surface area contributed by atoms with Crippen LogP contribution in [0.1, 0.15) is 17.7 Å². The Morgan fingerprint density at radius 3 is 3.18 bits per heavy atom. The summed E-state index contributed by atoms with van der Waals surface area (Å²) in [6.45, 7) is 3.19. The fourth-order valence-electron chi connectivity index (χ4n) is 1.98. The van der Waals surface area contributed by atoms with Gasteiger partial charge < -0.3 is 5.73 Å². The van der Waals surface area contributed by atoms with Crippen molar-refractivity contribution >= 4 is 29.0 Å². The highest BCUT2D eigenvalue weighted by molar-refractivity contribution is 7.99. The smallest absolute Gasteiger partial charge is 0.123 e. The Labute approximate surface area is 112 Å². The first kappa shape index (κ1) is 12.8. The highest BCUT2D eigenvalue weighted by Gasteiger charge is 2.13. The molecule has 0 spiro atoms. The molecule has 2 rings (SSSR count). The van der Waals surface area contributed by atoms with Crippen LogP contribution in [0.15, 0.2) is 18.3 Å². The monoisotopic (exact) mass is 267 g/mol. The van der Waals surface area contributed by atoms with Crippen LogP contribution in [0.3, 0.4) is 0 Å². The first-order valence-corrected chi connectivity index (χ1v) is 7.37. The lowest BCUT2D eigenvalue weighted by molar-refractivity contribution is 0.287. The van der Waals surface area contributed by atoms with E-state index in [-0.39, 0.29) is 0 Å². The molecule has 0 saturated carbocycles. The number of thiocarbonyl (C=S) groups is 1. The van der Waals surface area contributed by atoms with E-state index >= 15 is 0 Å². The average molecular weight is 267 g/mol. The minimum Gasteiger partial charge on any atom is -0.388 e. The van der Waals surface area contributed by atoms with Gasteiger partial charge >= 0.3 is 0 Å². The molecule has 0 amide bonds. The summed E-state index contributed by atoms with van der Waals surface area (Å²) in [5.74, 6) is 2.48. The number of pyridine rings is 1. The Hall–Kier alpha value is -0.650. The minimum absolute atomic E-state index is 0.393. The van der Waals surface area contributed by atoms with Crippen molar-refractivity contribution in [1.82, 2.24) is 9.88 Å². The van der Waals surface area contributed by atoms with E-state index in [1.54, 1.807) is 6.20 Å². The topological polar surface area (TPSA) is 42.1 Å². The molecular formula is C12H17N3S2. The van der Waals surface area contributed by atoms with Crippen molar-refractivity contribution in [3.05, 3.63) is 29.6 Å². The first-order valence-electron chi connectivity index (χ1n) is 5.81. The van der Waals surface area contributed by atoms with Crippen LogP contribution in [-0.2, 0) is 6.54 Å². The molecule has 2 N–H and O–H groups in total. The van der Waals surface area contributed by atoms with Gasteiger partial charge in [0.15, 0.2) is 0 Å². The maximum absolute atomic E-state index is 5.70. The summed E-state index contributed by atoms with van der Waals surface area (Å²) >= 11 is 7.07. The second-order valence-corrected chi connectivity index (χ2v) is 5.78. The van der Waals surface area contributed by atoms with Gasteiger partial charge in [0.05, 0.1) is 0 Å². The minimum atomic E-state index is 0.393. The normalized spacial score (nSPS) is 17.6. The molecule has 1 saturated heterocycles. The third-order valence-electron chi connectivity index (χ3n) is 2.83. The Morgan fingerprint density at radius 1 is 1.47 bits per heavy atom. The molecule has 1 aromatic rings. The van der Waals surface area contributed by atoms with Crippen molar-refractivity contribution in [2.45, 2.75) is 13.0 Å². The zero-order valence-corrected chi connectivity index (χ0v) is 11.4. The molecule has 0 aliphatic carbocycles. The first-order chi connectivity index (χ1) is 8.27. The number of nitrogens with two attached hydrogens (primary N) is 1. The van der Waals surface area contributed by atoms with Crippen molar-refractivity contribution in [3.63, 3.8) is 0 Å². The number of hydrogen-bond acceptors (Lipinski definition) is 4. The summed E-state index contributed by atoms with van der Waals surface area (Å²) < 4.78 is 0.